The van der Waals surface area contributed by atoms with Crippen LogP contribution in [0.2, 0.25) is 0 Å². The molecular weight excluding hydrogens is 228 g/mol. The quantitative estimate of drug-likeness (QED) is 0.707. The van der Waals surface area contributed by atoms with Crippen LogP contribution in [-0.2, 0) is 7.05 Å². The number of aryl methyl sites for hydroxylation is 1. The van der Waals surface area contributed by atoms with Gasteiger partial charge in [0.2, 0.25) is 0 Å². The molecule has 92 valence electrons. The number of rotatable bonds is 3. The minimum atomic E-state index is 0.588. The molecule has 0 aliphatic carbocycles. The lowest BCUT2D eigenvalue weighted by molar-refractivity contribution is 0.321. The Kier molecular flexibility index (Phi) is 2.51. The highest BCUT2D eigenvalue weighted by Crippen LogP contribution is 2.22. The first-order chi connectivity index (χ1) is 8.78. The summed E-state index contributed by atoms with van der Waals surface area (Å²) < 4.78 is 9.05. The first kappa shape index (κ1) is 10.8. The van der Waals surface area contributed by atoms with Gasteiger partial charge in [0.1, 0.15) is 5.69 Å². The number of benzene rings is 1. The highest BCUT2D eigenvalue weighted by molar-refractivity contribution is 5.78. The summed E-state index contributed by atoms with van der Waals surface area (Å²) in [7, 11) is 1.87. The number of aromatic nitrogens is 4. The molecule has 0 bridgehead atoms. The molecule has 0 N–H and O–H groups in total. The van der Waals surface area contributed by atoms with Gasteiger partial charge in [0.05, 0.1) is 18.3 Å². The van der Waals surface area contributed by atoms with Crippen LogP contribution >= 0.6 is 0 Å². The van der Waals surface area contributed by atoms with Crippen LogP contribution in [0.15, 0.2) is 36.7 Å². The number of hydrogen-bond acceptors (Lipinski definition) is 3. The van der Waals surface area contributed by atoms with Crippen LogP contribution in [0.25, 0.3) is 16.6 Å². The van der Waals surface area contributed by atoms with Gasteiger partial charge in [-0.2, -0.15) is 5.10 Å². The average molecular weight is 242 g/mol. The molecule has 0 saturated heterocycles. The van der Waals surface area contributed by atoms with Crippen LogP contribution in [0, 0.1) is 0 Å². The highest BCUT2D eigenvalue weighted by Gasteiger charge is 2.12. The third-order valence-corrected chi connectivity index (χ3v) is 2.72. The first-order valence-electron chi connectivity index (χ1n) is 5.89. The maximum Gasteiger partial charge on any atom is 0.259 e. The van der Waals surface area contributed by atoms with E-state index >= 15 is 0 Å². The van der Waals surface area contributed by atoms with Gasteiger partial charge in [-0.15, -0.1) is 5.10 Å². The molecule has 0 amide bonds. The lowest BCUT2D eigenvalue weighted by Crippen LogP contribution is -1.99. The van der Waals surface area contributed by atoms with E-state index in [0.29, 0.717) is 12.5 Å². The van der Waals surface area contributed by atoms with E-state index in [4.69, 9.17) is 4.74 Å². The number of hydrogen-bond donors (Lipinski definition) is 0. The summed E-state index contributed by atoms with van der Waals surface area (Å²) in [6.07, 6.45) is 3.88. The van der Waals surface area contributed by atoms with E-state index in [1.165, 1.54) is 0 Å². The van der Waals surface area contributed by atoms with Gasteiger partial charge in [-0.1, -0.05) is 18.2 Å². The Labute approximate surface area is 105 Å². The fraction of sp³-hybridized carbons (Fsp3) is 0.231. The monoisotopic (exact) mass is 242 g/mol. The van der Waals surface area contributed by atoms with E-state index in [1.807, 2.05) is 55.3 Å². The van der Waals surface area contributed by atoms with Crippen molar-refractivity contribution in [3.8, 4) is 11.6 Å². The van der Waals surface area contributed by atoms with Gasteiger partial charge in [0, 0.05) is 18.6 Å². The first-order valence-corrected chi connectivity index (χ1v) is 5.89. The second kappa shape index (κ2) is 4.18. The largest absolute Gasteiger partial charge is 0.475 e. The van der Waals surface area contributed by atoms with Crippen LogP contribution in [0.3, 0.4) is 0 Å². The molecule has 1 aromatic carbocycles. The van der Waals surface area contributed by atoms with Crippen molar-refractivity contribution in [1.82, 2.24) is 19.6 Å². The summed E-state index contributed by atoms with van der Waals surface area (Å²) in [5, 5.41) is 9.90. The van der Waals surface area contributed by atoms with Crippen molar-refractivity contribution < 1.29 is 4.74 Å². The van der Waals surface area contributed by atoms with Gasteiger partial charge < -0.3 is 4.74 Å². The Morgan fingerprint density at radius 2 is 2.00 bits per heavy atom. The summed E-state index contributed by atoms with van der Waals surface area (Å²) in [6.45, 7) is 2.53. The van der Waals surface area contributed by atoms with E-state index in [9.17, 15) is 0 Å². The van der Waals surface area contributed by atoms with Gasteiger partial charge in [-0.3, -0.25) is 4.68 Å². The van der Waals surface area contributed by atoms with Crippen LogP contribution in [-0.4, -0.2) is 26.2 Å². The number of nitrogens with zero attached hydrogens (tertiary/aromatic N) is 4. The highest BCUT2D eigenvalue weighted by atomic mass is 16.5. The minimum Gasteiger partial charge on any atom is -0.475 e. The molecule has 2 aromatic heterocycles. The Bertz CT molecular complexity index is 650. The summed E-state index contributed by atoms with van der Waals surface area (Å²) in [6, 6.07) is 8.01. The molecule has 0 aliphatic heterocycles. The maximum atomic E-state index is 5.52. The van der Waals surface area contributed by atoms with Crippen molar-refractivity contribution in [2.75, 3.05) is 6.61 Å². The molecule has 2 heterocycles. The SMILES string of the molecule is CCOc1nn(C)cc1-n1cc2ccccc2n1. The normalized spacial score (nSPS) is 11.0. The Hall–Kier alpha value is -2.30. The number of ether oxygens (including phenoxy) is 1. The summed E-state index contributed by atoms with van der Waals surface area (Å²) in [5.41, 5.74) is 1.82. The molecule has 0 unspecified atom stereocenters. The second-order valence-corrected chi connectivity index (χ2v) is 4.06. The molecule has 3 aromatic rings. The lowest BCUT2D eigenvalue weighted by atomic mass is 10.3. The van der Waals surface area contributed by atoms with Crippen LogP contribution in [0.4, 0.5) is 0 Å². The van der Waals surface area contributed by atoms with Crippen molar-refractivity contribution in [1.29, 1.82) is 0 Å². The zero-order valence-electron chi connectivity index (χ0n) is 10.4. The molecular formula is C13H14N4O. The van der Waals surface area contributed by atoms with Crippen LogP contribution < -0.4 is 4.74 Å². The predicted molar refractivity (Wildman–Crippen MR) is 69.0 cm³/mol. The predicted octanol–water partition coefficient (Wildman–Crippen LogP) is 2.16. The van der Waals surface area contributed by atoms with Gasteiger partial charge in [-0.05, 0) is 13.0 Å². The molecule has 0 aliphatic rings. The molecule has 0 spiro atoms. The van der Waals surface area contributed by atoms with E-state index in [2.05, 4.69) is 10.2 Å². The van der Waals surface area contributed by atoms with Gasteiger partial charge in [-0.25, -0.2) is 4.68 Å². The molecule has 0 fully saturated rings. The van der Waals surface area contributed by atoms with Crippen LogP contribution in [0.1, 0.15) is 6.92 Å². The van der Waals surface area contributed by atoms with E-state index < -0.39 is 0 Å². The Morgan fingerprint density at radius 3 is 2.78 bits per heavy atom. The summed E-state index contributed by atoms with van der Waals surface area (Å²) in [4.78, 5) is 0. The molecule has 18 heavy (non-hydrogen) atoms. The average Bonchev–Trinajstić information content (AvgIpc) is 2.92. The van der Waals surface area contributed by atoms with Gasteiger partial charge in [0.15, 0.2) is 0 Å². The lowest BCUT2D eigenvalue weighted by Gasteiger charge is -2.01. The number of fused-ring (bicyclic) bond motifs is 1. The fourth-order valence-electron chi connectivity index (χ4n) is 1.94. The van der Waals surface area contributed by atoms with Crippen molar-refractivity contribution >= 4 is 10.9 Å². The summed E-state index contributed by atoms with van der Waals surface area (Å²) in [5.74, 6) is 0.604. The van der Waals surface area contributed by atoms with E-state index in [-0.39, 0.29) is 0 Å². The molecule has 5 heteroatoms. The Morgan fingerprint density at radius 1 is 1.17 bits per heavy atom. The standard InChI is InChI=1S/C13H14N4O/c1-3-18-13-12(9-16(2)15-13)17-8-10-6-4-5-7-11(10)14-17/h4-9H,3H2,1-2H3. The zero-order chi connectivity index (χ0) is 12.5. The van der Waals surface area contributed by atoms with Gasteiger partial charge in [0.25, 0.3) is 5.88 Å². The van der Waals surface area contributed by atoms with Gasteiger partial charge >= 0.3 is 0 Å². The third kappa shape index (κ3) is 1.73. The second-order valence-electron chi connectivity index (χ2n) is 4.06. The Balaban J connectivity index is 2.13. The van der Waals surface area contributed by atoms with Crippen molar-refractivity contribution in [2.45, 2.75) is 6.92 Å². The third-order valence-electron chi connectivity index (χ3n) is 2.72. The molecule has 0 atom stereocenters. The minimum absolute atomic E-state index is 0.588. The molecule has 0 saturated carbocycles. The topological polar surface area (TPSA) is 44.9 Å². The fourth-order valence-corrected chi connectivity index (χ4v) is 1.94. The van der Waals surface area contributed by atoms with E-state index in [1.54, 1.807) is 4.68 Å². The van der Waals surface area contributed by atoms with Crippen molar-refractivity contribution in [3.63, 3.8) is 0 Å². The molecule has 0 radical (unpaired) electrons. The maximum absolute atomic E-state index is 5.52. The molecule has 3 rings (SSSR count). The zero-order valence-corrected chi connectivity index (χ0v) is 10.4. The molecule has 5 nitrogen and oxygen atoms in total. The van der Waals surface area contributed by atoms with Crippen molar-refractivity contribution in [2.24, 2.45) is 7.05 Å². The van der Waals surface area contributed by atoms with E-state index in [0.717, 1.165) is 16.6 Å². The van der Waals surface area contributed by atoms with Crippen molar-refractivity contribution in [3.05, 3.63) is 36.7 Å². The van der Waals surface area contributed by atoms with Crippen LogP contribution in [0.5, 0.6) is 5.88 Å². The summed E-state index contributed by atoms with van der Waals surface area (Å²) >= 11 is 0. The smallest absolute Gasteiger partial charge is 0.259 e.